The molecule has 0 aliphatic carbocycles. The van der Waals surface area contributed by atoms with E-state index in [1.54, 1.807) is 31.2 Å². The van der Waals surface area contributed by atoms with Crippen molar-refractivity contribution in [2.45, 2.75) is 20.0 Å². The summed E-state index contributed by atoms with van der Waals surface area (Å²) in [5, 5.41) is 2.67. The van der Waals surface area contributed by atoms with Gasteiger partial charge in [-0.3, -0.25) is 24.1 Å². The summed E-state index contributed by atoms with van der Waals surface area (Å²) in [6.45, 7) is 2.76. The summed E-state index contributed by atoms with van der Waals surface area (Å²) >= 11 is 0. The number of ketones is 1. The number of nitrogens with one attached hydrogen (secondary N) is 1. The van der Waals surface area contributed by atoms with E-state index in [9.17, 15) is 19.2 Å². The number of hydrogen-bond acceptors (Lipinski definition) is 5. The summed E-state index contributed by atoms with van der Waals surface area (Å²) in [7, 11) is 0. The van der Waals surface area contributed by atoms with Gasteiger partial charge in [0.25, 0.3) is 5.91 Å². The first-order valence-electron chi connectivity index (χ1n) is 8.59. The number of anilines is 2. The highest BCUT2D eigenvalue weighted by Gasteiger charge is 2.33. The third kappa shape index (κ3) is 3.85. The van der Waals surface area contributed by atoms with Crippen LogP contribution in [0.3, 0.4) is 0 Å². The molecule has 1 aliphatic heterocycles. The summed E-state index contributed by atoms with van der Waals surface area (Å²) in [6.07, 6.45) is -0.752. The Morgan fingerprint density at radius 1 is 1.11 bits per heavy atom. The molecule has 0 bridgehead atoms. The van der Waals surface area contributed by atoms with Crippen LogP contribution in [0.4, 0.5) is 11.4 Å². The lowest BCUT2D eigenvalue weighted by molar-refractivity contribution is -0.127. The van der Waals surface area contributed by atoms with Gasteiger partial charge in [0.2, 0.25) is 11.8 Å². The quantitative estimate of drug-likeness (QED) is 0.765. The third-order valence-corrected chi connectivity index (χ3v) is 4.33. The second-order valence-electron chi connectivity index (χ2n) is 6.41. The van der Waals surface area contributed by atoms with Gasteiger partial charge < -0.3 is 15.8 Å². The molecular formula is C20H19N3O5. The molecule has 2 aromatic carbocycles. The van der Waals surface area contributed by atoms with Crippen molar-refractivity contribution in [2.24, 2.45) is 5.73 Å². The molecule has 2 aromatic rings. The number of nitrogens with zero attached hydrogens (tertiary/aromatic N) is 1. The minimum absolute atomic E-state index is 0.159. The molecule has 0 fully saturated rings. The lowest BCUT2D eigenvalue weighted by atomic mass is 10.1. The molecule has 3 N–H and O–H groups in total. The van der Waals surface area contributed by atoms with E-state index in [0.29, 0.717) is 28.3 Å². The number of nitrogens with two attached hydrogens (primary N) is 1. The number of Topliss-reactive ketones (excluding diaryl/α,β-unsaturated/α-hetero) is 1. The minimum Gasteiger partial charge on any atom is -0.479 e. The zero-order valence-electron chi connectivity index (χ0n) is 15.4. The minimum atomic E-state index is -0.752. The van der Waals surface area contributed by atoms with Crippen molar-refractivity contribution < 1.29 is 23.9 Å². The van der Waals surface area contributed by atoms with Gasteiger partial charge in [0, 0.05) is 16.8 Å². The summed E-state index contributed by atoms with van der Waals surface area (Å²) in [5.41, 5.74) is 6.75. The van der Waals surface area contributed by atoms with Crippen LogP contribution >= 0.6 is 0 Å². The molecule has 1 aliphatic rings. The van der Waals surface area contributed by atoms with Gasteiger partial charge >= 0.3 is 0 Å². The normalized spacial score (nSPS) is 15.4. The van der Waals surface area contributed by atoms with Gasteiger partial charge in [0.05, 0.1) is 5.69 Å². The fraction of sp³-hybridized carbons (Fsp3) is 0.200. The molecule has 0 spiro atoms. The first-order valence-corrected chi connectivity index (χ1v) is 8.59. The van der Waals surface area contributed by atoms with Crippen LogP contribution < -0.4 is 20.7 Å². The van der Waals surface area contributed by atoms with Crippen LogP contribution in [0.2, 0.25) is 0 Å². The molecular weight excluding hydrogens is 362 g/mol. The lowest BCUT2D eigenvalue weighted by Crippen LogP contribution is -2.47. The number of rotatable bonds is 5. The van der Waals surface area contributed by atoms with Crippen molar-refractivity contribution in [1.82, 2.24) is 0 Å². The number of fused-ring (bicyclic) bond motifs is 1. The Labute approximate surface area is 161 Å². The fourth-order valence-corrected chi connectivity index (χ4v) is 2.85. The second-order valence-corrected chi connectivity index (χ2v) is 6.41. The first-order chi connectivity index (χ1) is 13.3. The van der Waals surface area contributed by atoms with Crippen LogP contribution in [-0.2, 0) is 9.59 Å². The Balaban J connectivity index is 1.81. The van der Waals surface area contributed by atoms with E-state index < -0.39 is 17.9 Å². The van der Waals surface area contributed by atoms with Crippen LogP contribution in [0, 0.1) is 0 Å². The zero-order valence-corrected chi connectivity index (χ0v) is 15.4. The fourth-order valence-electron chi connectivity index (χ4n) is 2.85. The molecule has 0 aromatic heterocycles. The largest absolute Gasteiger partial charge is 0.479 e. The van der Waals surface area contributed by atoms with E-state index in [1.165, 1.54) is 30.0 Å². The molecule has 0 saturated heterocycles. The molecule has 8 heteroatoms. The smallest absolute Gasteiger partial charge is 0.268 e. The van der Waals surface area contributed by atoms with Crippen molar-refractivity contribution in [3.05, 3.63) is 53.6 Å². The maximum atomic E-state index is 12.6. The van der Waals surface area contributed by atoms with Crippen molar-refractivity contribution in [2.75, 3.05) is 16.8 Å². The third-order valence-electron chi connectivity index (χ3n) is 4.33. The number of hydrogen-bond donors (Lipinski definition) is 2. The highest BCUT2D eigenvalue weighted by atomic mass is 16.5. The van der Waals surface area contributed by atoms with Crippen LogP contribution in [-0.4, -0.2) is 36.2 Å². The Kier molecular flexibility index (Phi) is 5.12. The van der Waals surface area contributed by atoms with Gasteiger partial charge in [-0.1, -0.05) is 0 Å². The number of ether oxygens (including phenoxy) is 1. The summed E-state index contributed by atoms with van der Waals surface area (Å²) in [6, 6.07) is 10.8. The molecule has 1 heterocycles. The monoisotopic (exact) mass is 381 g/mol. The Bertz CT molecular complexity index is 968. The molecule has 3 rings (SSSR count). The van der Waals surface area contributed by atoms with Crippen molar-refractivity contribution in [3.8, 4) is 5.75 Å². The topological polar surface area (TPSA) is 119 Å². The SMILES string of the molecule is CC(=O)c1ccc2c(c1)N(CC(=O)Nc1ccc(C(N)=O)cc1)C(=O)C(C)O2. The lowest BCUT2D eigenvalue weighted by Gasteiger charge is -2.32. The van der Waals surface area contributed by atoms with Gasteiger partial charge in [-0.2, -0.15) is 0 Å². The number of carbonyl (C=O) groups excluding carboxylic acids is 4. The van der Waals surface area contributed by atoms with E-state index in [-0.39, 0.29) is 18.2 Å². The molecule has 1 unspecified atom stereocenters. The second kappa shape index (κ2) is 7.51. The highest BCUT2D eigenvalue weighted by Crippen LogP contribution is 2.35. The summed E-state index contributed by atoms with van der Waals surface area (Å²) in [4.78, 5) is 49.1. The predicted molar refractivity (Wildman–Crippen MR) is 102 cm³/mol. The maximum Gasteiger partial charge on any atom is 0.268 e. The highest BCUT2D eigenvalue weighted by molar-refractivity contribution is 6.07. The van der Waals surface area contributed by atoms with Gasteiger partial charge in [0.1, 0.15) is 12.3 Å². The zero-order chi connectivity index (χ0) is 20.4. The van der Waals surface area contributed by atoms with Gasteiger partial charge in [-0.05, 0) is 56.3 Å². The Hall–Kier alpha value is -3.68. The average Bonchev–Trinajstić information content (AvgIpc) is 2.65. The molecule has 0 radical (unpaired) electrons. The standard InChI is InChI=1S/C20H19N3O5/c1-11(24)14-5-8-17-16(9-14)23(20(27)12(2)28-17)10-18(25)22-15-6-3-13(4-7-15)19(21)26/h3-9,12H,10H2,1-2H3,(H2,21,26)(H,22,25). The number of primary amides is 1. The first kappa shape index (κ1) is 19.1. The molecule has 144 valence electrons. The van der Waals surface area contributed by atoms with Gasteiger partial charge in [0.15, 0.2) is 11.9 Å². The maximum absolute atomic E-state index is 12.6. The van der Waals surface area contributed by atoms with E-state index in [1.807, 2.05) is 0 Å². The molecule has 3 amide bonds. The molecule has 0 saturated carbocycles. The van der Waals surface area contributed by atoms with Gasteiger partial charge in [-0.15, -0.1) is 0 Å². The van der Waals surface area contributed by atoms with E-state index in [2.05, 4.69) is 5.32 Å². The van der Waals surface area contributed by atoms with Crippen LogP contribution in [0.5, 0.6) is 5.75 Å². The number of benzene rings is 2. The molecule has 1 atom stereocenters. The average molecular weight is 381 g/mol. The predicted octanol–water partition coefficient (Wildman–Crippen LogP) is 1.74. The Morgan fingerprint density at radius 3 is 2.36 bits per heavy atom. The van der Waals surface area contributed by atoms with Crippen LogP contribution in [0.15, 0.2) is 42.5 Å². The molecule has 28 heavy (non-hydrogen) atoms. The van der Waals surface area contributed by atoms with Crippen LogP contribution in [0.1, 0.15) is 34.6 Å². The van der Waals surface area contributed by atoms with Crippen molar-refractivity contribution >= 4 is 34.9 Å². The van der Waals surface area contributed by atoms with Crippen molar-refractivity contribution in [1.29, 1.82) is 0 Å². The molecule has 8 nitrogen and oxygen atoms in total. The van der Waals surface area contributed by atoms with Gasteiger partial charge in [-0.25, -0.2) is 0 Å². The van der Waals surface area contributed by atoms with E-state index in [0.717, 1.165) is 0 Å². The van der Waals surface area contributed by atoms with Crippen LogP contribution in [0.25, 0.3) is 0 Å². The van der Waals surface area contributed by atoms with E-state index in [4.69, 9.17) is 10.5 Å². The van der Waals surface area contributed by atoms with Crippen molar-refractivity contribution in [3.63, 3.8) is 0 Å². The number of carbonyl (C=O) groups is 4. The number of amides is 3. The summed E-state index contributed by atoms with van der Waals surface area (Å²) < 4.78 is 5.57. The van der Waals surface area contributed by atoms with E-state index >= 15 is 0 Å². The summed E-state index contributed by atoms with van der Waals surface area (Å²) in [5.74, 6) is -1.12. The Morgan fingerprint density at radius 2 is 1.75 bits per heavy atom.